The van der Waals surface area contributed by atoms with Gasteiger partial charge in [-0.2, -0.15) is 0 Å². The second-order valence-electron chi connectivity index (χ2n) is 4.12. The van der Waals surface area contributed by atoms with Crippen LogP contribution in [-0.2, 0) is 0 Å². The van der Waals surface area contributed by atoms with Crippen molar-refractivity contribution < 1.29 is 0 Å². The van der Waals surface area contributed by atoms with Crippen LogP contribution in [0.1, 0.15) is 0 Å². The first-order valence-electron chi connectivity index (χ1n) is 5.67. The van der Waals surface area contributed by atoms with Gasteiger partial charge in [-0.25, -0.2) is 19.9 Å². The molecule has 0 aliphatic heterocycles. The van der Waals surface area contributed by atoms with Crippen molar-refractivity contribution in [3.05, 3.63) is 48.8 Å². The lowest BCUT2D eigenvalue weighted by Crippen LogP contribution is -1.92. The van der Waals surface area contributed by atoms with Crippen LogP contribution in [0.25, 0.3) is 33.1 Å². The van der Waals surface area contributed by atoms with Crippen LogP contribution in [0.3, 0.4) is 0 Å². The van der Waals surface area contributed by atoms with Crippen LogP contribution >= 0.6 is 0 Å². The third-order valence-electron chi connectivity index (χ3n) is 2.96. The zero-order valence-electron chi connectivity index (χ0n) is 9.41. The molecule has 0 radical (unpaired) electrons. The molecule has 0 unspecified atom stereocenters. The molecule has 4 nitrogen and oxygen atoms in total. The van der Waals surface area contributed by atoms with Gasteiger partial charge >= 0.3 is 0 Å². The number of hydrogen-bond acceptors (Lipinski definition) is 4. The zero-order valence-corrected chi connectivity index (χ0v) is 9.41. The van der Waals surface area contributed by atoms with Crippen molar-refractivity contribution >= 4 is 33.1 Å². The highest BCUT2D eigenvalue weighted by atomic mass is 15.0. The molecule has 2 heterocycles. The fourth-order valence-corrected chi connectivity index (χ4v) is 2.10. The van der Waals surface area contributed by atoms with Gasteiger partial charge in [0.2, 0.25) is 0 Å². The minimum Gasteiger partial charge on any atom is -0.232 e. The number of rotatable bonds is 0. The largest absolute Gasteiger partial charge is 0.232 e. The first-order chi connectivity index (χ1) is 8.90. The van der Waals surface area contributed by atoms with Crippen LogP contribution < -0.4 is 0 Å². The summed E-state index contributed by atoms with van der Waals surface area (Å²) in [7, 11) is 0. The summed E-state index contributed by atoms with van der Waals surface area (Å²) in [5.74, 6) is 0. The predicted molar refractivity (Wildman–Crippen MR) is 70.1 cm³/mol. The number of hydrogen-bond donors (Lipinski definition) is 0. The Kier molecular flexibility index (Phi) is 1.80. The normalized spacial score (nSPS) is 11.3. The molecule has 0 saturated heterocycles. The van der Waals surface area contributed by atoms with Gasteiger partial charge in [0, 0.05) is 12.4 Å². The Labute approximate surface area is 102 Å². The maximum atomic E-state index is 4.49. The molecule has 0 fully saturated rings. The van der Waals surface area contributed by atoms with E-state index in [1.54, 1.807) is 12.4 Å². The van der Waals surface area contributed by atoms with Gasteiger partial charge in [-0.05, 0) is 22.9 Å². The topological polar surface area (TPSA) is 51.6 Å². The lowest BCUT2D eigenvalue weighted by Gasteiger charge is -2.02. The van der Waals surface area contributed by atoms with Gasteiger partial charge in [0.1, 0.15) is 0 Å². The van der Waals surface area contributed by atoms with Gasteiger partial charge in [-0.1, -0.05) is 24.3 Å². The molecule has 0 N–H and O–H groups in total. The third kappa shape index (κ3) is 1.32. The highest BCUT2D eigenvalue weighted by Gasteiger charge is 2.04. The van der Waals surface area contributed by atoms with Gasteiger partial charge in [0.05, 0.1) is 11.0 Å². The maximum absolute atomic E-state index is 4.49. The summed E-state index contributed by atoms with van der Waals surface area (Å²) in [5.41, 5.74) is 2.86. The van der Waals surface area contributed by atoms with Crippen LogP contribution in [0.2, 0.25) is 0 Å². The van der Waals surface area contributed by atoms with E-state index in [1.165, 1.54) is 0 Å². The fourth-order valence-electron chi connectivity index (χ4n) is 2.10. The number of aromatic nitrogens is 4. The van der Waals surface area contributed by atoms with Gasteiger partial charge < -0.3 is 0 Å². The van der Waals surface area contributed by atoms with Crippen molar-refractivity contribution in [1.29, 1.82) is 0 Å². The summed E-state index contributed by atoms with van der Waals surface area (Å²) in [6.45, 7) is 0. The number of fused-ring (bicyclic) bond motifs is 3. The van der Waals surface area contributed by atoms with E-state index in [9.17, 15) is 0 Å². The minimum atomic E-state index is 0.584. The first-order valence-corrected chi connectivity index (χ1v) is 5.67. The lowest BCUT2D eigenvalue weighted by molar-refractivity contribution is 1.20. The highest BCUT2D eigenvalue weighted by Crippen LogP contribution is 2.21. The van der Waals surface area contributed by atoms with Crippen molar-refractivity contribution in [2.45, 2.75) is 0 Å². The van der Waals surface area contributed by atoms with E-state index in [0.29, 0.717) is 11.3 Å². The van der Waals surface area contributed by atoms with Crippen LogP contribution in [0.5, 0.6) is 0 Å². The Morgan fingerprint density at radius 3 is 1.67 bits per heavy atom. The van der Waals surface area contributed by atoms with E-state index in [4.69, 9.17) is 0 Å². The smallest absolute Gasteiger partial charge is 0.198 e. The summed E-state index contributed by atoms with van der Waals surface area (Å²) in [5, 5.41) is 2.31. The molecule has 4 aromatic rings. The molecule has 2 aromatic carbocycles. The van der Waals surface area contributed by atoms with Gasteiger partial charge in [0.15, 0.2) is 11.3 Å². The van der Waals surface area contributed by atoms with Crippen molar-refractivity contribution in [2.75, 3.05) is 0 Å². The molecule has 4 heteroatoms. The molecule has 0 bridgehead atoms. The van der Waals surface area contributed by atoms with E-state index >= 15 is 0 Å². The standard InChI is InChI=1S/C14H8N4/c1-2-4-10-8-12-11(7-9(10)3-1)17-13-14(18-12)16-6-5-15-13/h1-8H. The van der Waals surface area contributed by atoms with Gasteiger partial charge in [-0.15, -0.1) is 0 Å². The van der Waals surface area contributed by atoms with Crippen molar-refractivity contribution in [3.8, 4) is 0 Å². The summed E-state index contributed by atoms with van der Waals surface area (Å²) in [4.78, 5) is 17.3. The quantitative estimate of drug-likeness (QED) is 0.437. The zero-order chi connectivity index (χ0) is 11.9. The van der Waals surface area contributed by atoms with Gasteiger partial charge in [-0.3, -0.25) is 0 Å². The monoisotopic (exact) mass is 232 g/mol. The molecule has 0 spiro atoms. The minimum absolute atomic E-state index is 0.584. The van der Waals surface area contributed by atoms with E-state index < -0.39 is 0 Å². The third-order valence-corrected chi connectivity index (χ3v) is 2.96. The molecule has 0 saturated carbocycles. The molecule has 84 valence electrons. The van der Waals surface area contributed by atoms with Crippen molar-refractivity contribution in [3.63, 3.8) is 0 Å². The average Bonchev–Trinajstić information content (AvgIpc) is 2.42. The predicted octanol–water partition coefficient (Wildman–Crippen LogP) is 2.73. The molecule has 0 amide bonds. The summed E-state index contributed by atoms with van der Waals surface area (Å²) >= 11 is 0. The summed E-state index contributed by atoms with van der Waals surface area (Å²) < 4.78 is 0. The Bertz CT molecular complexity index is 742. The van der Waals surface area contributed by atoms with Crippen LogP contribution in [0.15, 0.2) is 48.8 Å². The SMILES string of the molecule is c1ccc2cc3nc4nccnc4nc3cc2c1. The summed E-state index contributed by atoms with van der Waals surface area (Å²) in [6.07, 6.45) is 3.26. The average molecular weight is 232 g/mol. The Balaban J connectivity index is 2.20. The molecule has 0 aliphatic rings. The fraction of sp³-hybridized carbons (Fsp3) is 0. The molecular weight excluding hydrogens is 224 g/mol. The van der Waals surface area contributed by atoms with Crippen molar-refractivity contribution in [1.82, 2.24) is 19.9 Å². The second-order valence-corrected chi connectivity index (χ2v) is 4.12. The Hall–Kier alpha value is -2.62. The van der Waals surface area contributed by atoms with E-state index in [0.717, 1.165) is 21.8 Å². The number of benzene rings is 2. The van der Waals surface area contributed by atoms with E-state index in [1.807, 2.05) is 24.3 Å². The van der Waals surface area contributed by atoms with Crippen molar-refractivity contribution in [2.24, 2.45) is 0 Å². The lowest BCUT2D eigenvalue weighted by atomic mass is 10.1. The molecule has 4 rings (SSSR count). The molecular formula is C14H8N4. The van der Waals surface area contributed by atoms with E-state index in [2.05, 4.69) is 32.1 Å². The Morgan fingerprint density at radius 2 is 1.17 bits per heavy atom. The molecule has 0 atom stereocenters. The van der Waals surface area contributed by atoms with Crippen LogP contribution in [0, 0.1) is 0 Å². The Morgan fingerprint density at radius 1 is 0.667 bits per heavy atom. The first kappa shape index (κ1) is 9.41. The number of nitrogens with zero attached hydrogens (tertiary/aromatic N) is 4. The van der Waals surface area contributed by atoms with Gasteiger partial charge in [0.25, 0.3) is 0 Å². The molecule has 2 aromatic heterocycles. The molecule has 0 aliphatic carbocycles. The van der Waals surface area contributed by atoms with Crippen LogP contribution in [0.4, 0.5) is 0 Å². The van der Waals surface area contributed by atoms with Crippen LogP contribution in [-0.4, -0.2) is 19.9 Å². The second kappa shape index (κ2) is 3.43. The maximum Gasteiger partial charge on any atom is 0.198 e. The van der Waals surface area contributed by atoms with E-state index in [-0.39, 0.29) is 0 Å². The highest BCUT2D eigenvalue weighted by molar-refractivity contribution is 5.96. The summed E-state index contributed by atoms with van der Waals surface area (Å²) in [6, 6.07) is 12.2. The molecule has 18 heavy (non-hydrogen) atoms.